The van der Waals surface area contributed by atoms with Gasteiger partial charge in [-0.05, 0) is 44.7 Å². The lowest BCUT2D eigenvalue weighted by Gasteiger charge is -2.39. The highest BCUT2D eigenvalue weighted by Gasteiger charge is 2.39. The van der Waals surface area contributed by atoms with Gasteiger partial charge in [-0.2, -0.15) is 10.4 Å². The zero-order chi connectivity index (χ0) is 21.6. The van der Waals surface area contributed by atoms with E-state index >= 15 is 0 Å². The van der Waals surface area contributed by atoms with Crippen molar-refractivity contribution in [2.45, 2.75) is 50.2 Å². The monoisotopic (exact) mass is 418 g/mol. The Bertz CT molecular complexity index is 1150. The van der Waals surface area contributed by atoms with Gasteiger partial charge in [-0.25, -0.2) is 14.6 Å². The zero-order valence-electron chi connectivity index (χ0n) is 17.8. The molecule has 1 saturated carbocycles. The summed E-state index contributed by atoms with van der Waals surface area (Å²) >= 11 is 0. The molecular formula is C23H26N6O2. The molecule has 1 N–H and O–H groups in total. The van der Waals surface area contributed by atoms with Crippen molar-refractivity contribution in [3.63, 3.8) is 0 Å². The van der Waals surface area contributed by atoms with E-state index in [1.807, 2.05) is 29.1 Å². The smallest absolute Gasteiger partial charge is 0.159 e. The fraction of sp³-hybridized carbons (Fsp3) is 0.478. The number of fused-ring (bicyclic) bond motifs is 1. The van der Waals surface area contributed by atoms with Gasteiger partial charge in [-0.15, -0.1) is 0 Å². The van der Waals surface area contributed by atoms with Crippen molar-refractivity contribution in [1.82, 2.24) is 19.7 Å². The predicted octanol–water partition coefficient (Wildman–Crippen LogP) is 2.74. The fourth-order valence-electron chi connectivity index (χ4n) is 4.40. The number of hydrogen-bond donors (Lipinski definition) is 1. The first kappa shape index (κ1) is 19.9. The minimum Gasteiger partial charge on any atom is -0.388 e. The third-order valence-electron chi connectivity index (χ3n) is 6.58. The van der Waals surface area contributed by atoms with Crippen LogP contribution in [-0.4, -0.2) is 56.3 Å². The van der Waals surface area contributed by atoms with Crippen LogP contribution in [0.1, 0.15) is 38.7 Å². The minimum absolute atomic E-state index is 0.294. The van der Waals surface area contributed by atoms with Crippen LogP contribution in [0, 0.1) is 11.3 Å². The molecule has 1 aliphatic carbocycles. The quantitative estimate of drug-likeness (QED) is 0.695. The largest absolute Gasteiger partial charge is 0.388 e. The summed E-state index contributed by atoms with van der Waals surface area (Å²) in [5.74, 6) is 1.44. The predicted molar refractivity (Wildman–Crippen MR) is 116 cm³/mol. The Morgan fingerprint density at radius 1 is 1.23 bits per heavy atom. The summed E-state index contributed by atoms with van der Waals surface area (Å²) in [6, 6.07) is 10.6. The molecule has 1 atom stereocenters. The minimum atomic E-state index is -0.929. The van der Waals surface area contributed by atoms with Gasteiger partial charge in [0.2, 0.25) is 0 Å². The van der Waals surface area contributed by atoms with E-state index in [9.17, 15) is 10.4 Å². The van der Waals surface area contributed by atoms with E-state index in [0.717, 1.165) is 41.5 Å². The second kappa shape index (κ2) is 7.29. The number of aliphatic hydroxyl groups is 1. The van der Waals surface area contributed by atoms with E-state index in [4.69, 9.17) is 4.74 Å². The van der Waals surface area contributed by atoms with Gasteiger partial charge in [-0.1, -0.05) is 12.1 Å². The molecule has 0 amide bonds. The van der Waals surface area contributed by atoms with E-state index in [-0.39, 0.29) is 11.5 Å². The van der Waals surface area contributed by atoms with E-state index in [1.54, 1.807) is 20.2 Å². The molecular weight excluding hydrogens is 392 g/mol. The second-order valence-electron chi connectivity index (χ2n) is 9.07. The highest BCUT2D eigenvalue weighted by atomic mass is 16.5. The number of nitriles is 1. The van der Waals surface area contributed by atoms with Gasteiger partial charge < -0.3 is 14.7 Å². The third kappa shape index (κ3) is 3.44. The van der Waals surface area contributed by atoms with Crippen LogP contribution in [0.15, 0.2) is 36.8 Å². The van der Waals surface area contributed by atoms with Crippen LogP contribution >= 0.6 is 0 Å². The number of rotatable bonds is 4. The first-order chi connectivity index (χ1) is 14.9. The van der Waals surface area contributed by atoms with Crippen LogP contribution in [0.25, 0.3) is 16.7 Å². The maximum Gasteiger partial charge on any atom is 0.159 e. The second-order valence-corrected chi connectivity index (χ2v) is 9.07. The van der Waals surface area contributed by atoms with Gasteiger partial charge in [-0.3, -0.25) is 0 Å². The molecule has 8 nitrogen and oxygen atoms in total. The maximum atomic E-state index is 10.3. The number of benzene rings is 1. The molecule has 5 rings (SSSR count). The van der Waals surface area contributed by atoms with Gasteiger partial charge in [0.15, 0.2) is 5.82 Å². The van der Waals surface area contributed by atoms with E-state index in [0.29, 0.717) is 25.5 Å². The Morgan fingerprint density at radius 2 is 2.03 bits per heavy atom. The molecule has 1 unspecified atom stereocenters. The van der Waals surface area contributed by atoms with Crippen LogP contribution in [-0.2, 0) is 10.2 Å². The summed E-state index contributed by atoms with van der Waals surface area (Å²) in [5, 5.41) is 25.6. The summed E-state index contributed by atoms with van der Waals surface area (Å²) in [6.45, 7) is 5.29. The molecule has 31 heavy (non-hydrogen) atoms. The molecule has 2 fully saturated rings. The van der Waals surface area contributed by atoms with Crippen molar-refractivity contribution in [2.75, 3.05) is 24.6 Å². The molecule has 2 aliphatic rings. The Labute approximate surface area is 181 Å². The zero-order valence-corrected chi connectivity index (χ0v) is 17.8. The van der Waals surface area contributed by atoms with Crippen LogP contribution in [0.3, 0.4) is 0 Å². The van der Waals surface area contributed by atoms with Crippen LogP contribution in [0.2, 0.25) is 0 Å². The first-order valence-electron chi connectivity index (χ1n) is 10.7. The number of hydrogen-bond acceptors (Lipinski definition) is 7. The molecule has 0 bridgehead atoms. The van der Waals surface area contributed by atoms with Crippen molar-refractivity contribution >= 4 is 16.7 Å². The Hall–Kier alpha value is -3.02. The van der Waals surface area contributed by atoms with Crippen LogP contribution in [0.5, 0.6) is 0 Å². The van der Waals surface area contributed by atoms with E-state index in [1.165, 1.54) is 0 Å². The van der Waals surface area contributed by atoms with Crippen molar-refractivity contribution in [1.29, 1.82) is 5.26 Å². The number of nitrogens with zero attached hydrogens (tertiary/aromatic N) is 6. The summed E-state index contributed by atoms with van der Waals surface area (Å²) < 4.78 is 7.55. The molecule has 1 aliphatic heterocycles. The van der Waals surface area contributed by atoms with Crippen molar-refractivity contribution in [3.8, 4) is 11.9 Å². The number of ether oxygens (including phenoxy) is 1. The van der Waals surface area contributed by atoms with Gasteiger partial charge in [0.25, 0.3) is 0 Å². The fourth-order valence-corrected chi connectivity index (χ4v) is 4.40. The standard InChI is InChI=1S/C23H26N6O2/c1-22(2,30)19-13-28(8-9-31-19)20-11-21(26-15-25-20)29-18-10-17(5-4-16(18)12-27-29)23(14-24)6-3-7-23/h4-5,10-12,15,19,30H,3,6-9,13H2,1-2H3. The highest BCUT2D eigenvalue weighted by molar-refractivity contribution is 5.81. The van der Waals surface area contributed by atoms with Crippen molar-refractivity contribution < 1.29 is 9.84 Å². The average molecular weight is 419 g/mol. The summed E-state index contributed by atoms with van der Waals surface area (Å²) in [5.41, 5.74) is 0.674. The normalized spacial score (nSPS) is 21.0. The van der Waals surface area contributed by atoms with Crippen molar-refractivity contribution in [3.05, 3.63) is 42.4 Å². The summed E-state index contributed by atoms with van der Waals surface area (Å²) in [6.07, 6.45) is 5.96. The Morgan fingerprint density at radius 3 is 2.74 bits per heavy atom. The number of morpholine rings is 1. The SMILES string of the molecule is CC(C)(O)C1CN(c2cc(-n3ncc4ccc(C5(C#N)CCC5)cc43)ncn2)CCO1. The lowest BCUT2D eigenvalue weighted by molar-refractivity contribution is -0.0929. The first-order valence-corrected chi connectivity index (χ1v) is 10.7. The van der Waals surface area contributed by atoms with Gasteiger partial charge >= 0.3 is 0 Å². The lowest BCUT2D eigenvalue weighted by atomic mass is 9.65. The molecule has 2 aromatic heterocycles. The Kier molecular flexibility index (Phi) is 4.68. The van der Waals surface area contributed by atoms with Gasteiger partial charge in [0.05, 0.1) is 35.4 Å². The van der Waals surface area contributed by atoms with Crippen LogP contribution in [0.4, 0.5) is 5.82 Å². The topological polar surface area (TPSA) is 100 Å². The molecule has 3 heterocycles. The molecule has 1 aromatic carbocycles. The molecule has 0 radical (unpaired) electrons. The summed E-state index contributed by atoms with van der Waals surface area (Å²) in [4.78, 5) is 11.0. The average Bonchev–Trinajstić information content (AvgIpc) is 3.16. The summed E-state index contributed by atoms with van der Waals surface area (Å²) in [7, 11) is 0. The molecule has 3 aromatic rings. The molecule has 8 heteroatoms. The number of aromatic nitrogens is 4. The van der Waals surface area contributed by atoms with Gasteiger partial charge in [0.1, 0.15) is 18.2 Å². The lowest BCUT2D eigenvalue weighted by Crippen LogP contribution is -2.52. The maximum absolute atomic E-state index is 10.3. The van der Waals surface area contributed by atoms with E-state index < -0.39 is 5.60 Å². The molecule has 160 valence electrons. The molecule has 0 spiro atoms. The molecule has 1 saturated heterocycles. The number of anilines is 1. The van der Waals surface area contributed by atoms with Crippen LogP contribution < -0.4 is 4.90 Å². The Balaban J connectivity index is 1.49. The van der Waals surface area contributed by atoms with Crippen molar-refractivity contribution in [2.24, 2.45) is 0 Å². The van der Waals surface area contributed by atoms with Gasteiger partial charge in [0, 0.05) is 24.5 Å². The third-order valence-corrected chi connectivity index (χ3v) is 6.58. The van der Waals surface area contributed by atoms with E-state index in [2.05, 4.69) is 32.1 Å². The highest BCUT2D eigenvalue weighted by Crippen LogP contribution is 2.43.